The summed E-state index contributed by atoms with van der Waals surface area (Å²) in [6.45, 7) is 5.20. The van der Waals surface area contributed by atoms with E-state index in [0.29, 0.717) is 6.42 Å². The van der Waals surface area contributed by atoms with Gasteiger partial charge in [-0.3, -0.25) is 4.79 Å². The third-order valence-electron chi connectivity index (χ3n) is 2.72. The zero-order chi connectivity index (χ0) is 13.6. The molecule has 0 heterocycles. The van der Waals surface area contributed by atoms with E-state index in [4.69, 9.17) is 9.84 Å². The van der Waals surface area contributed by atoms with E-state index in [-0.39, 0.29) is 19.2 Å². The molecule has 0 spiro atoms. The number of hydrogen-bond donors (Lipinski definition) is 1. The molecule has 17 heavy (non-hydrogen) atoms. The predicted octanol–water partition coefficient (Wildman–Crippen LogP) is 0.536. The van der Waals surface area contributed by atoms with E-state index in [2.05, 4.69) is 0 Å². The molecule has 1 N–H and O–H groups in total. The highest BCUT2D eigenvalue weighted by molar-refractivity contribution is 7.90. The second kappa shape index (κ2) is 6.93. The molecule has 2 unspecified atom stereocenters. The molecule has 6 nitrogen and oxygen atoms in total. The maximum Gasteiger partial charge on any atom is 0.323 e. The van der Waals surface area contributed by atoms with Crippen LogP contribution in [0.5, 0.6) is 0 Å². The molecule has 0 aromatic rings. The highest BCUT2D eigenvalue weighted by Crippen LogP contribution is 2.15. The lowest BCUT2D eigenvalue weighted by Gasteiger charge is -2.28. The quantitative estimate of drug-likeness (QED) is 0.693. The number of nitrogens with zero attached hydrogens (tertiary/aromatic N) is 1. The van der Waals surface area contributed by atoms with Crippen molar-refractivity contribution in [2.45, 2.75) is 38.5 Å². The van der Waals surface area contributed by atoms with Crippen LogP contribution in [0.1, 0.15) is 27.2 Å². The van der Waals surface area contributed by atoms with Gasteiger partial charge in [-0.05, 0) is 20.3 Å². The largest absolute Gasteiger partial charge is 0.480 e. The maximum atomic E-state index is 12.1. The topological polar surface area (TPSA) is 83.9 Å². The van der Waals surface area contributed by atoms with Crippen LogP contribution in [0, 0.1) is 0 Å². The molecule has 0 aliphatic heterocycles. The third kappa shape index (κ3) is 4.25. The van der Waals surface area contributed by atoms with E-state index < -0.39 is 21.2 Å². The molecular formula is C10H21NO5S. The number of methoxy groups -OCH3 is 1. The lowest BCUT2D eigenvalue weighted by molar-refractivity contribution is -0.136. The number of sulfonamides is 1. The Balaban J connectivity index is 5.08. The van der Waals surface area contributed by atoms with Crippen LogP contribution in [0.3, 0.4) is 0 Å². The molecule has 0 saturated heterocycles. The second-order valence-electron chi connectivity index (χ2n) is 3.89. The Bertz CT molecular complexity index is 341. The number of carboxylic acid groups (broad SMARTS) is 1. The summed E-state index contributed by atoms with van der Waals surface area (Å²) < 4.78 is 30.2. The van der Waals surface area contributed by atoms with Gasteiger partial charge in [0.2, 0.25) is 10.0 Å². The first-order chi connectivity index (χ1) is 7.78. The first kappa shape index (κ1) is 16.3. The summed E-state index contributed by atoms with van der Waals surface area (Å²) in [6.07, 6.45) is 0.620. The van der Waals surface area contributed by atoms with E-state index in [9.17, 15) is 13.2 Å². The van der Waals surface area contributed by atoms with Crippen LogP contribution in [0.2, 0.25) is 0 Å². The zero-order valence-electron chi connectivity index (χ0n) is 10.7. The summed E-state index contributed by atoms with van der Waals surface area (Å²) in [5, 5.41) is 7.37. The van der Waals surface area contributed by atoms with E-state index in [1.807, 2.05) is 6.92 Å². The number of carboxylic acids is 1. The Labute approximate surface area is 103 Å². The van der Waals surface area contributed by atoms with Crippen LogP contribution in [0.4, 0.5) is 0 Å². The Hall–Kier alpha value is -0.660. The summed E-state index contributed by atoms with van der Waals surface area (Å²) in [4.78, 5) is 10.8. The van der Waals surface area contributed by atoms with Gasteiger partial charge in [0.1, 0.15) is 0 Å². The lowest BCUT2D eigenvalue weighted by atomic mass is 10.3. The Morgan fingerprint density at radius 3 is 2.29 bits per heavy atom. The Kier molecular flexibility index (Phi) is 6.66. The standard InChI is InChI=1S/C10H21NO5S/c1-5-8(2)11(6-7-16-4)17(14,15)9(3)10(12)13/h8-9H,5-7H2,1-4H3,(H,12,13). The molecule has 0 fully saturated rings. The normalized spacial score (nSPS) is 15.8. The number of ether oxygens (including phenoxy) is 1. The highest BCUT2D eigenvalue weighted by Gasteiger charge is 2.35. The minimum absolute atomic E-state index is 0.172. The van der Waals surface area contributed by atoms with E-state index in [1.54, 1.807) is 6.92 Å². The van der Waals surface area contributed by atoms with Gasteiger partial charge in [0.25, 0.3) is 0 Å². The molecule has 7 heteroatoms. The minimum Gasteiger partial charge on any atom is -0.480 e. The summed E-state index contributed by atoms with van der Waals surface area (Å²) in [5.74, 6) is -1.34. The number of aliphatic carboxylic acids is 1. The number of carbonyl (C=O) groups is 1. The van der Waals surface area contributed by atoms with Crippen molar-refractivity contribution in [2.75, 3.05) is 20.3 Å². The van der Waals surface area contributed by atoms with Crippen molar-refractivity contribution in [3.63, 3.8) is 0 Å². The Morgan fingerprint density at radius 2 is 1.94 bits per heavy atom. The summed E-state index contributed by atoms with van der Waals surface area (Å²) in [7, 11) is -2.36. The molecule has 0 amide bonds. The predicted molar refractivity (Wildman–Crippen MR) is 64.4 cm³/mol. The average Bonchev–Trinajstić information content (AvgIpc) is 2.27. The smallest absolute Gasteiger partial charge is 0.323 e. The first-order valence-corrected chi connectivity index (χ1v) is 7.01. The molecule has 0 aliphatic rings. The van der Waals surface area contributed by atoms with E-state index in [0.717, 1.165) is 0 Å². The van der Waals surface area contributed by atoms with Gasteiger partial charge in [-0.1, -0.05) is 6.92 Å². The van der Waals surface area contributed by atoms with Gasteiger partial charge >= 0.3 is 5.97 Å². The van der Waals surface area contributed by atoms with Gasteiger partial charge < -0.3 is 9.84 Å². The molecule has 0 bridgehead atoms. The van der Waals surface area contributed by atoms with Crippen LogP contribution >= 0.6 is 0 Å². The molecule has 0 saturated carbocycles. The van der Waals surface area contributed by atoms with Crippen LogP contribution < -0.4 is 0 Å². The summed E-state index contributed by atoms with van der Waals surface area (Å²) >= 11 is 0. The third-order valence-corrected chi connectivity index (χ3v) is 5.01. The van der Waals surface area contributed by atoms with Crippen molar-refractivity contribution >= 4 is 16.0 Å². The average molecular weight is 267 g/mol. The molecule has 102 valence electrons. The molecule has 2 atom stereocenters. The van der Waals surface area contributed by atoms with Crippen molar-refractivity contribution in [3.8, 4) is 0 Å². The van der Waals surface area contributed by atoms with Crippen molar-refractivity contribution < 1.29 is 23.1 Å². The molecule has 0 radical (unpaired) electrons. The van der Waals surface area contributed by atoms with Crippen molar-refractivity contribution in [3.05, 3.63) is 0 Å². The molecule has 0 rings (SSSR count). The SMILES string of the molecule is CCC(C)N(CCOC)S(=O)(=O)C(C)C(=O)O. The van der Waals surface area contributed by atoms with Gasteiger partial charge in [0, 0.05) is 19.7 Å². The van der Waals surface area contributed by atoms with Crippen LogP contribution in [-0.2, 0) is 19.6 Å². The van der Waals surface area contributed by atoms with Gasteiger partial charge in [0.05, 0.1) is 6.61 Å². The molecule has 0 aromatic carbocycles. The van der Waals surface area contributed by atoms with Crippen LogP contribution in [-0.4, -0.2) is 55.4 Å². The number of rotatable bonds is 8. The maximum absolute atomic E-state index is 12.1. The fourth-order valence-electron chi connectivity index (χ4n) is 1.31. The van der Waals surface area contributed by atoms with Gasteiger partial charge in [0.15, 0.2) is 5.25 Å². The van der Waals surface area contributed by atoms with Gasteiger partial charge in [-0.2, -0.15) is 4.31 Å². The van der Waals surface area contributed by atoms with Crippen LogP contribution in [0.15, 0.2) is 0 Å². The second-order valence-corrected chi connectivity index (χ2v) is 6.09. The van der Waals surface area contributed by atoms with E-state index in [1.165, 1.54) is 18.3 Å². The Morgan fingerprint density at radius 1 is 1.41 bits per heavy atom. The fraction of sp³-hybridized carbons (Fsp3) is 0.900. The monoisotopic (exact) mass is 267 g/mol. The summed E-state index contributed by atoms with van der Waals surface area (Å²) in [5.41, 5.74) is 0. The van der Waals surface area contributed by atoms with Gasteiger partial charge in [-0.15, -0.1) is 0 Å². The fourth-order valence-corrected chi connectivity index (χ4v) is 2.95. The lowest BCUT2D eigenvalue weighted by Crippen LogP contribution is -2.46. The molecular weight excluding hydrogens is 246 g/mol. The van der Waals surface area contributed by atoms with Crippen molar-refractivity contribution in [1.82, 2.24) is 4.31 Å². The van der Waals surface area contributed by atoms with Crippen molar-refractivity contribution in [2.24, 2.45) is 0 Å². The first-order valence-electron chi connectivity index (χ1n) is 5.51. The minimum atomic E-state index is -3.83. The highest BCUT2D eigenvalue weighted by atomic mass is 32.2. The van der Waals surface area contributed by atoms with Gasteiger partial charge in [-0.25, -0.2) is 8.42 Å². The summed E-state index contributed by atoms with van der Waals surface area (Å²) in [6, 6.07) is -0.239. The van der Waals surface area contributed by atoms with E-state index >= 15 is 0 Å². The van der Waals surface area contributed by atoms with Crippen molar-refractivity contribution in [1.29, 1.82) is 0 Å². The zero-order valence-corrected chi connectivity index (χ0v) is 11.5. The molecule has 0 aliphatic carbocycles. The number of hydrogen-bond acceptors (Lipinski definition) is 4. The van der Waals surface area contributed by atoms with Crippen LogP contribution in [0.25, 0.3) is 0 Å². The molecule has 0 aromatic heterocycles.